The van der Waals surface area contributed by atoms with Gasteiger partial charge in [-0.3, -0.25) is 0 Å². The molecule has 0 aliphatic heterocycles. The first-order valence-electron chi connectivity index (χ1n) is 1.81. The van der Waals surface area contributed by atoms with Gasteiger partial charge in [0.25, 0.3) is 0 Å². The Hall–Kier alpha value is -0.270. The topological polar surface area (TPSA) is 34.1 Å². The summed E-state index contributed by atoms with van der Waals surface area (Å²) in [4.78, 5) is 16.2. The minimum absolute atomic E-state index is 0.250. The number of thioether (sulfide) groups is 1. The van der Waals surface area contributed by atoms with E-state index in [0.29, 0.717) is 0 Å². The highest BCUT2D eigenvalue weighted by Crippen LogP contribution is 1.83. The molecular formula is C4H8O2S. The summed E-state index contributed by atoms with van der Waals surface area (Å²) in [6.07, 6.45) is 2.35. The molecule has 0 unspecified atom stereocenters. The lowest BCUT2D eigenvalue weighted by Gasteiger charge is -1.69. The zero-order valence-electron chi connectivity index (χ0n) is 4.43. The van der Waals surface area contributed by atoms with Crippen LogP contribution in [0.15, 0.2) is 0 Å². The van der Waals surface area contributed by atoms with Gasteiger partial charge in [-0.15, -0.1) is 0 Å². The van der Waals surface area contributed by atoms with Crippen molar-refractivity contribution >= 4 is 17.9 Å². The molecule has 0 radical (unpaired) electrons. The van der Waals surface area contributed by atoms with E-state index < -0.39 is 0 Å². The predicted octanol–water partition coefficient (Wildman–Crippen LogP) is 0.786. The molecule has 0 bridgehead atoms. The minimum atomic E-state index is 0.250. The second kappa shape index (κ2) is 17.2. The molecule has 3 heteroatoms. The largest absolute Gasteiger partial charge is 0.373 e. The summed E-state index contributed by atoms with van der Waals surface area (Å²) in [6, 6.07) is 0. The van der Waals surface area contributed by atoms with E-state index in [1.807, 2.05) is 11.8 Å². The molecule has 0 rings (SSSR count). The molecule has 7 heavy (non-hydrogen) atoms. The quantitative estimate of drug-likeness (QED) is 0.513. The predicted molar refractivity (Wildman–Crippen MR) is 29.1 cm³/mol. The van der Waals surface area contributed by atoms with Crippen molar-refractivity contribution in [2.24, 2.45) is 0 Å². The molecule has 0 saturated carbocycles. The third-order valence-corrected chi connectivity index (χ3v) is 0.866. The molecule has 0 amide bonds. The maximum atomic E-state index is 8.12. The first-order chi connectivity index (χ1) is 3.33. The molecule has 0 aromatic heterocycles. The molecular weight excluding hydrogens is 112 g/mol. The molecule has 0 aromatic carbocycles. The van der Waals surface area contributed by atoms with Crippen LogP contribution in [0.2, 0.25) is 0 Å². The van der Waals surface area contributed by atoms with Gasteiger partial charge in [0.1, 0.15) is 0 Å². The van der Waals surface area contributed by atoms with E-state index in [9.17, 15) is 0 Å². The van der Waals surface area contributed by atoms with Crippen LogP contribution in [0.1, 0.15) is 6.92 Å². The van der Waals surface area contributed by atoms with Gasteiger partial charge in [0, 0.05) is 0 Å². The van der Waals surface area contributed by atoms with Crippen LogP contribution in [0.4, 0.5) is 0 Å². The zero-order chi connectivity index (χ0) is 6.12. The average molecular weight is 120 g/mol. The Bertz CT molecular complexity index is 45.7. The fourth-order valence-corrected chi connectivity index (χ4v) is 0. The Morgan fingerprint density at radius 1 is 1.57 bits per heavy atom. The van der Waals surface area contributed by atoms with Crippen LogP contribution < -0.4 is 0 Å². The molecule has 0 atom stereocenters. The number of hydrogen-bond acceptors (Lipinski definition) is 3. The second-order valence-corrected chi connectivity index (χ2v) is 1.82. The normalized spacial score (nSPS) is 5.43. The van der Waals surface area contributed by atoms with Crippen molar-refractivity contribution in [3.05, 3.63) is 0 Å². The van der Waals surface area contributed by atoms with E-state index in [0.717, 1.165) is 0 Å². The Morgan fingerprint density at radius 3 is 1.71 bits per heavy atom. The number of carbonyl (C=O) groups excluding carboxylic acids is 2. The van der Waals surface area contributed by atoms with Crippen LogP contribution in [0.25, 0.3) is 0 Å². The van der Waals surface area contributed by atoms with Crippen molar-refractivity contribution in [1.82, 2.24) is 0 Å². The van der Waals surface area contributed by atoms with Crippen molar-refractivity contribution in [3.63, 3.8) is 0 Å². The Labute approximate surface area is 47.3 Å². The smallest absolute Gasteiger partial charge is 0.186 e. The van der Waals surface area contributed by atoms with Gasteiger partial charge in [-0.25, -0.2) is 0 Å². The van der Waals surface area contributed by atoms with Gasteiger partial charge in [0.15, 0.2) is 0 Å². The molecule has 0 fully saturated rings. The molecule has 0 aliphatic rings. The van der Waals surface area contributed by atoms with Gasteiger partial charge >= 0.3 is 6.15 Å². The summed E-state index contributed by atoms with van der Waals surface area (Å²) in [5, 5.41) is 0. The summed E-state index contributed by atoms with van der Waals surface area (Å²) in [7, 11) is 0. The fraction of sp³-hybridized carbons (Fsp3) is 0.750. The van der Waals surface area contributed by atoms with Crippen LogP contribution in [0.3, 0.4) is 0 Å². The first kappa shape index (κ1) is 9.88. The lowest BCUT2D eigenvalue weighted by atomic mass is 11.0. The molecule has 0 aromatic rings. The standard InChI is InChI=1S/C3H8S.CO2/c1-3-4-2;2-1-3/h3H2,1-2H3;. The second-order valence-electron chi connectivity index (χ2n) is 0.661. The monoisotopic (exact) mass is 120 g/mol. The minimum Gasteiger partial charge on any atom is -0.186 e. The molecule has 42 valence electrons. The Kier molecular flexibility index (Phi) is 24.3. The van der Waals surface area contributed by atoms with Crippen molar-refractivity contribution in [2.45, 2.75) is 6.92 Å². The SMILES string of the molecule is CCSC.O=C=O. The summed E-state index contributed by atoms with van der Waals surface area (Å²) in [5.41, 5.74) is 0. The van der Waals surface area contributed by atoms with Gasteiger partial charge in [0.05, 0.1) is 0 Å². The molecule has 0 N–H and O–H groups in total. The van der Waals surface area contributed by atoms with Gasteiger partial charge in [-0.05, 0) is 12.0 Å². The highest BCUT2D eigenvalue weighted by molar-refractivity contribution is 7.98. The Balaban J connectivity index is 0. The summed E-state index contributed by atoms with van der Waals surface area (Å²) in [6.45, 7) is 2.14. The molecule has 0 saturated heterocycles. The van der Waals surface area contributed by atoms with E-state index in [1.165, 1.54) is 5.75 Å². The van der Waals surface area contributed by atoms with Crippen molar-refractivity contribution in [3.8, 4) is 0 Å². The summed E-state index contributed by atoms with van der Waals surface area (Å²) >= 11 is 1.86. The van der Waals surface area contributed by atoms with Gasteiger partial charge in [-0.2, -0.15) is 21.4 Å². The van der Waals surface area contributed by atoms with Crippen molar-refractivity contribution < 1.29 is 9.59 Å². The Morgan fingerprint density at radius 2 is 1.71 bits per heavy atom. The molecule has 0 spiro atoms. The first-order valence-corrected chi connectivity index (χ1v) is 3.21. The van der Waals surface area contributed by atoms with E-state index in [1.54, 1.807) is 0 Å². The summed E-state index contributed by atoms with van der Waals surface area (Å²) < 4.78 is 0. The lowest BCUT2D eigenvalue weighted by Crippen LogP contribution is -1.52. The van der Waals surface area contributed by atoms with Crippen LogP contribution >= 0.6 is 11.8 Å². The van der Waals surface area contributed by atoms with Gasteiger partial charge < -0.3 is 0 Å². The third kappa shape index (κ3) is 150. The molecule has 0 heterocycles. The van der Waals surface area contributed by atoms with Gasteiger partial charge in [0.2, 0.25) is 0 Å². The zero-order valence-corrected chi connectivity index (χ0v) is 5.25. The van der Waals surface area contributed by atoms with E-state index >= 15 is 0 Å². The lowest BCUT2D eigenvalue weighted by molar-refractivity contribution is -0.191. The highest BCUT2D eigenvalue weighted by Gasteiger charge is 1.55. The van der Waals surface area contributed by atoms with Crippen LogP contribution in [-0.4, -0.2) is 18.2 Å². The van der Waals surface area contributed by atoms with E-state index in [4.69, 9.17) is 9.59 Å². The van der Waals surface area contributed by atoms with Crippen LogP contribution in [0.5, 0.6) is 0 Å². The van der Waals surface area contributed by atoms with E-state index in [-0.39, 0.29) is 6.15 Å². The third-order valence-electron chi connectivity index (χ3n) is 0.289. The maximum absolute atomic E-state index is 8.12. The molecule has 0 aliphatic carbocycles. The number of hydrogen-bond donors (Lipinski definition) is 0. The highest BCUT2D eigenvalue weighted by atomic mass is 32.2. The molecule has 2 nitrogen and oxygen atoms in total. The van der Waals surface area contributed by atoms with Gasteiger partial charge in [-0.1, -0.05) is 6.92 Å². The maximum Gasteiger partial charge on any atom is 0.373 e. The van der Waals surface area contributed by atoms with Crippen molar-refractivity contribution in [2.75, 3.05) is 12.0 Å². The van der Waals surface area contributed by atoms with Crippen LogP contribution in [0, 0.1) is 0 Å². The summed E-state index contributed by atoms with van der Waals surface area (Å²) in [5.74, 6) is 1.24. The van der Waals surface area contributed by atoms with Crippen LogP contribution in [-0.2, 0) is 9.59 Å². The van der Waals surface area contributed by atoms with E-state index in [2.05, 4.69) is 13.2 Å². The number of rotatable bonds is 1. The average Bonchev–Trinajstić information content (AvgIpc) is 1.69. The fourth-order valence-electron chi connectivity index (χ4n) is 0. The van der Waals surface area contributed by atoms with Crippen molar-refractivity contribution in [1.29, 1.82) is 0 Å².